The minimum absolute atomic E-state index is 0.513. The number of fused-ring (bicyclic) bond motifs is 3. The third kappa shape index (κ3) is 6.27. The van der Waals surface area contributed by atoms with Crippen molar-refractivity contribution in [2.45, 2.75) is 5.41 Å². The lowest BCUT2D eigenvalue weighted by Crippen LogP contribution is -2.28. The van der Waals surface area contributed by atoms with E-state index in [1.807, 2.05) is 18.2 Å². The molecule has 0 saturated carbocycles. The fourth-order valence-electron chi connectivity index (χ4n) is 9.32. The minimum Gasteiger partial charge on any atom is -0.208 e. The number of hydrogen-bond donors (Lipinski definition) is 0. The van der Waals surface area contributed by atoms with Crippen molar-refractivity contribution < 1.29 is 0 Å². The maximum absolute atomic E-state index is 5.39. The molecule has 3 nitrogen and oxygen atoms in total. The van der Waals surface area contributed by atoms with Crippen LogP contribution in [0.4, 0.5) is 0 Å². The molecule has 1 aliphatic rings. The molecule has 286 valence electrons. The number of rotatable bonds is 8. The normalized spacial score (nSPS) is 12.4. The molecule has 0 amide bonds. The zero-order valence-corrected chi connectivity index (χ0v) is 33.4. The van der Waals surface area contributed by atoms with Gasteiger partial charge in [-0.05, 0) is 85.0 Å². The Hall–Kier alpha value is -8.01. The standard InChI is InChI=1S/C58H39N3/c1-6-21-40(22-7-1)43-37-44(41-23-8-2-9-24-41)39-45(38-43)56-59-55(42-25-10-3-11-26-42)60-57(61-56)50-32-17-16-31-48(50)49-34-20-36-53-54(49)51-33-18-19-35-52(51)58(53,46-27-12-4-13-28-46)47-29-14-5-15-30-47/h1-39H. The number of aromatic nitrogens is 3. The average Bonchev–Trinajstić information content (AvgIpc) is 3.66. The summed E-state index contributed by atoms with van der Waals surface area (Å²) >= 11 is 0. The summed E-state index contributed by atoms with van der Waals surface area (Å²) in [7, 11) is 0. The number of hydrogen-bond acceptors (Lipinski definition) is 3. The Balaban J connectivity index is 1.15. The van der Waals surface area contributed by atoms with Gasteiger partial charge in [0.25, 0.3) is 0 Å². The molecule has 0 bridgehead atoms. The summed E-state index contributed by atoms with van der Waals surface area (Å²) < 4.78 is 0. The summed E-state index contributed by atoms with van der Waals surface area (Å²) in [6.45, 7) is 0. The molecular formula is C58H39N3. The highest BCUT2D eigenvalue weighted by Crippen LogP contribution is 2.58. The molecular weight excluding hydrogens is 739 g/mol. The number of nitrogens with zero attached hydrogens (tertiary/aromatic N) is 3. The second-order valence-corrected chi connectivity index (χ2v) is 15.5. The summed E-state index contributed by atoms with van der Waals surface area (Å²) in [5.74, 6) is 1.86. The second kappa shape index (κ2) is 15.3. The van der Waals surface area contributed by atoms with Gasteiger partial charge in [0.05, 0.1) is 5.41 Å². The molecule has 61 heavy (non-hydrogen) atoms. The Morgan fingerprint density at radius 2 is 0.639 bits per heavy atom. The van der Waals surface area contributed by atoms with Crippen LogP contribution in [0.15, 0.2) is 237 Å². The van der Waals surface area contributed by atoms with Gasteiger partial charge in [-0.3, -0.25) is 0 Å². The second-order valence-electron chi connectivity index (χ2n) is 15.5. The molecule has 0 N–H and O–H groups in total. The van der Waals surface area contributed by atoms with Crippen LogP contribution in [0.3, 0.4) is 0 Å². The highest BCUT2D eigenvalue weighted by atomic mass is 15.0. The van der Waals surface area contributed by atoms with E-state index in [9.17, 15) is 0 Å². The van der Waals surface area contributed by atoms with E-state index in [0.29, 0.717) is 17.5 Å². The molecule has 3 heteroatoms. The zero-order valence-electron chi connectivity index (χ0n) is 33.4. The monoisotopic (exact) mass is 777 g/mol. The fraction of sp³-hybridized carbons (Fsp3) is 0.0172. The van der Waals surface area contributed by atoms with E-state index in [0.717, 1.165) is 50.1 Å². The first-order valence-electron chi connectivity index (χ1n) is 20.8. The van der Waals surface area contributed by atoms with Gasteiger partial charge in [-0.1, -0.05) is 218 Å². The third-order valence-corrected chi connectivity index (χ3v) is 12.0. The van der Waals surface area contributed by atoms with Crippen molar-refractivity contribution in [2.24, 2.45) is 0 Å². The largest absolute Gasteiger partial charge is 0.208 e. The maximum Gasteiger partial charge on any atom is 0.164 e. The van der Waals surface area contributed by atoms with Crippen molar-refractivity contribution >= 4 is 0 Å². The van der Waals surface area contributed by atoms with Gasteiger partial charge in [0.2, 0.25) is 0 Å². The molecule has 0 unspecified atom stereocenters. The quantitative estimate of drug-likeness (QED) is 0.154. The van der Waals surface area contributed by atoms with E-state index >= 15 is 0 Å². The molecule has 1 heterocycles. The molecule has 0 saturated heterocycles. The Morgan fingerprint density at radius 1 is 0.246 bits per heavy atom. The van der Waals surface area contributed by atoms with E-state index < -0.39 is 5.41 Å². The van der Waals surface area contributed by atoms with Gasteiger partial charge in [-0.25, -0.2) is 15.0 Å². The maximum atomic E-state index is 5.39. The molecule has 1 aromatic heterocycles. The van der Waals surface area contributed by atoms with Crippen LogP contribution in [0, 0.1) is 0 Å². The highest BCUT2D eigenvalue weighted by molar-refractivity contribution is 5.98. The fourth-order valence-corrected chi connectivity index (χ4v) is 9.32. The first-order chi connectivity index (χ1) is 30.3. The first-order valence-corrected chi connectivity index (χ1v) is 20.8. The topological polar surface area (TPSA) is 38.7 Å². The van der Waals surface area contributed by atoms with Gasteiger partial charge in [-0.2, -0.15) is 0 Å². The van der Waals surface area contributed by atoms with Crippen molar-refractivity contribution in [3.8, 4) is 78.7 Å². The summed E-state index contributed by atoms with van der Waals surface area (Å²) in [4.78, 5) is 15.9. The van der Waals surface area contributed by atoms with Gasteiger partial charge >= 0.3 is 0 Å². The van der Waals surface area contributed by atoms with Crippen molar-refractivity contribution in [1.29, 1.82) is 0 Å². The summed E-state index contributed by atoms with van der Waals surface area (Å²) in [5, 5.41) is 0. The number of benzene rings is 9. The van der Waals surface area contributed by atoms with E-state index in [1.165, 1.54) is 33.4 Å². The predicted molar refractivity (Wildman–Crippen MR) is 250 cm³/mol. The Bertz CT molecular complexity index is 3070. The summed E-state index contributed by atoms with van der Waals surface area (Å²) in [5.41, 5.74) is 16.4. The van der Waals surface area contributed by atoms with E-state index in [1.54, 1.807) is 0 Å². The van der Waals surface area contributed by atoms with Crippen LogP contribution in [0.5, 0.6) is 0 Å². The molecule has 0 aliphatic heterocycles. The first kappa shape index (κ1) is 36.1. The van der Waals surface area contributed by atoms with Gasteiger partial charge in [0, 0.05) is 16.7 Å². The summed E-state index contributed by atoms with van der Waals surface area (Å²) in [6.07, 6.45) is 0. The van der Waals surface area contributed by atoms with Crippen molar-refractivity contribution in [3.05, 3.63) is 259 Å². The van der Waals surface area contributed by atoms with Crippen LogP contribution < -0.4 is 0 Å². The Labute approximate surface area is 356 Å². The molecule has 0 atom stereocenters. The molecule has 0 radical (unpaired) electrons. The molecule has 10 aromatic rings. The Morgan fingerprint density at radius 3 is 1.21 bits per heavy atom. The smallest absolute Gasteiger partial charge is 0.164 e. The lowest BCUT2D eigenvalue weighted by molar-refractivity contribution is 0.768. The van der Waals surface area contributed by atoms with Gasteiger partial charge < -0.3 is 0 Å². The summed E-state index contributed by atoms with van der Waals surface area (Å²) in [6, 6.07) is 84.1. The van der Waals surface area contributed by atoms with Crippen LogP contribution in [0.1, 0.15) is 22.3 Å². The van der Waals surface area contributed by atoms with Crippen LogP contribution in [-0.4, -0.2) is 15.0 Å². The van der Waals surface area contributed by atoms with Crippen molar-refractivity contribution in [3.63, 3.8) is 0 Å². The molecule has 1 aliphatic carbocycles. The zero-order chi connectivity index (χ0) is 40.6. The predicted octanol–water partition coefficient (Wildman–Crippen LogP) is 14.2. The van der Waals surface area contributed by atoms with Crippen LogP contribution >= 0.6 is 0 Å². The molecule has 0 fully saturated rings. The lowest BCUT2D eigenvalue weighted by atomic mass is 9.67. The van der Waals surface area contributed by atoms with E-state index in [2.05, 4.69) is 218 Å². The van der Waals surface area contributed by atoms with Crippen LogP contribution in [-0.2, 0) is 5.41 Å². The molecule has 9 aromatic carbocycles. The third-order valence-electron chi connectivity index (χ3n) is 12.0. The van der Waals surface area contributed by atoms with E-state index in [-0.39, 0.29) is 0 Å². The van der Waals surface area contributed by atoms with Gasteiger partial charge in [0.1, 0.15) is 0 Å². The molecule has 11 rings (SSSR count). The average molecular weight is 778 g/mol. The van der Waals surface area contributed by atoms with Crippen LogP contribution in [0.25, 0.3) is 78.7 Å². The van der Waals surface area contributed by atoms with E-state index in [4.69, 9.17) is 15.0 Å². The SMILES string of the molecule is c1ccc(-c2cc(-c3ccccc3)cc(-c3nc(-c4ccccc4)nc(-c4ccccc4-c4cccc5c4-c4ccccc4C5(c4ccccc4)c4ccccc4)n3)c2)cc1. The highest BCUT2D eigenvalue weighted by Gasteiger charge is 2.46. The van der Waals surface area contributed by atoms with Gasteiger partial charge in [-0.15, -0.1) is 0 Å². The minimum atomic E-state index is -0.513. The lowest BCUT2D eigenvalue weighted by Gasteiger charge is -2.34. The van der Waals surface area contributed by atoms with Crippen molar-refractivity contribution in [2.75, 3.05) is 0 Å². The van der Waals surface area contributed by atoms with Crippen LogP contribution in [0.2, 0.25) is 0 Å². The Kier molecular flexibility index (Phi) is 9.05. The molecule has 0 spiro atoms. The van der Waals surface area contributed by atoms with Crippen molar-refractivity contribution in [1.82, 2.24) is 15.0 Å². The van der Waals surface area contributed by atoms with Gasteiger partial charge in [0.15, 0.2) is 17.5 Å².